The molecule has 2 aromatic carbocycles. The average Bonchev–Trinajstić information content (AvgIpc) is 3.09. The fourth-order valence-electron chi connectivity index (χ4n) is 2.73. The van der Waals surface area contributed by atoms with Crippen LogP contribution in [-0.2, 0) is 9.84 Å². The van der Waals surface area contributed by atoms with Crippen molar-refractivity contribution in [3.8, 4) is 5.75 Å². The summed E-state index contributed by atoms with van der Waals surface area (Å²) in [5.74, 6) is 0.433. The number of thiazole rings is 1. The Labute approximate surface area is 186 Å². The molecule has 0 spiro atoms. The van der Waals surface area contributed by atoms with Crippen molar-refractivity contribution in [2.24, 2.45) is 0 Å². The van der Waals surface area contributed by atoms with E-state index in [2.05, 4.69) is 4.98 Å². The van der Waals surface area contributed by atoms with Crippen LogP contribution < -0.4 is 9.64 Å². The first kappa shape index (κ1) is 24.1. The zero-order valence-electron chi connectivity index (χ0n) is 17.2. The van der Waals surface area contributed by atoms with Gasteiger partial charge < -0.3 is 9.64 Å². The van der Waals surface area contributed by atoms with Crippen LogP contribution in [0.4, 0.5) is 5.13 Å². The molecule has 1 aromatic heterocycles. The van der Waals surface area contributed by atoms with E-state index in [-0.39, 0.29) is 23.2 Å². The number of sulfone groups is 1. The third-order valence-corrected chi connectivity index (χ3v) is 6.49. The second-order valence-corrected chi connectivity index (χ2v) is 9.91. The van der Waals surface area contributed by atoms with E-state index < -0.39 is 9.84 Å². The van der Waals surface area contributed by atoms with E-state index in [1.807, 2.05) is 37.2 Å². The number of carbonyl (C=O) groups excluding carboxylic acids is 1. The van der Waals surface area contributed by atoms with Gasteiger partial charge in [-0.2, -0.15) is 0 Å². The number of hydrogen-bond donors (Lipinski definition) is 0. The molecule has 0 saturated heterocycles. The van der Waals surface area contributed by atoms with Crippen LogP contribution in [0.1, 0.15) is 10.4 Å². The summed E-state index contributed by atoms with van der Waals surface area (Å²) < 4.78 is 30.0. The van der Waals surface area contributed by atoms with Gasteiger partial charge in [0.2, 0.25) is 0 Å². The van der Waals surface area contributed by atoms with Gasteiger partial charge in [0.25, 0.3) is 5.91 Å². The molecule has 3 rings (SSSR count). The number of ether oxygens (including phenoxy) is 1. The summed E-state index contributed by atoms with van der Waals surface area (Å²) in [7, 11) is 2.05. The predicted molar refractivity (Wildman–Crippen MR) is 123 cm³/mol. The van der Waals surface area contributed by atoms with Gasteiger partial charge in [-0.15, -0.1) is 12.4 Å². The van der Waals surface area contributed by atoms with E-state index in [9.17, 15) is 13.2 Å². The Morgan fingerprint density at radius 1 is 1.13 bits per heavy atom. The molecule has 0 aliphatic heterocycles. The van der Waals surface area contributed by atoms with Gasteiger partial charge in [-0.25, -0.2) is 13.4 Å². The van der Waals surface area contributed by atoms with Crippen LogP contribution in [0.5, 0.6) is 5.75 Å². The number of aromatic nitrogens is 1. The van der Waals surface area contributed by atoms with Crippen molar-refractivity contribution in [3.05, 3.63) is 48.0 Å². The summed E-state index contributed by atoms with van der Waals surface area (Å²) in [5, 5.41) is 0.560. The molecule has 10 heteroatoms. The maximum absolute atomic E-state index is 13.3. The van der Waals surface area contributed by atoms with E-state index in [1.54, 1.807) is 24.1 Å². The number of nitrogens with zero attached hydrogens (tertiary/aromatic N) is 3. The molecule has 162 valence electrons. The lowest BCUT2D eigenvalue weighted by atomic mass is 10.2. The molecule has 0 N–H and O–H groups in total. The predicted octanol–water partition coefficient (Wildman–Crippen LogP) is 3.34. The number of benzene rings is 2. The topological polar surface area (TPSA) is 79.8 Å². The lowest BCUT2D eigenvalue weighted by Crippen LogP contribution is -2.36. The second-order valence-electron chi connectivity index (χ2n) is 6.89. The van der Waals surface area contributed by atoms with E-state index in [0.29, 0.717) is 23.8 Å². The molecule has 0 bridgehead atoms. The van der Waals surface area contributed by atoms with Crippen LogP contribution in [0, 0.1) is 0 Å². The lowest BCUT2D eigenvalue weighted by Gasteiger charge is -2.22. The number of amides is 1. The van der Waals surface area contributed by atoms with Crippen molar-refractivity contribution >= 4 is 54.8 Å². The minimum atomic E-state index is -3.41. The van der Waals surface area contributed by atoms with Gasteiger partial charge in [0.15, 0.2) is 15.0 Å². The summed E-state index contributed by atoms with van der Waals surface area (Å²) >= 11 is 1.40. The first-order valence-electron chi connectivity index (χ1n) is 8.90. The Bertz CT molecular complexity index is 1150. The third-order valence-electron chi connectivity index (χ3n) is 4.34. The molecule has 0 aliphatic rings. The van der Waals surface area contributed by atoms with Gasteiger partial charge in [0.1, 0.15) is 5.75 Å². The molecule has 0 radical (unpaired) electrons. The number of fused-ring (bicyclic) bond motifs is 1. The maximum Gasteiger partial charge on any atom is 0.260 e. The molecule has 0 saturated carbocycles. The van der Waals surface area contributed by atoms with Gasteiger partial charge in [-0.1, -0.05) is 17.4 Å². The highest BCUT2D eigenvalue weighted by molar-refractivity contribution is 7.90. The van der Waals surface area contributed by atoms with Gasteiger partial charge in [0, 0.05) is 24.9 Å². The molecule has 30 heavy (non-hydrogen) atoms. The monoisotopic (exact) mass is 469 g/mol. The first-order chi connectivity index (χ1) is 13.7. The number of methoxy groups -OCH3 is 1. The fraction of sp³-hybridized carbons (Fsp3) is 0.300. The highest BCUT2D eigenvalue weighted by Crippen LogP contribution is 2.32. The molecule has 1 amide bonds. The Kier molecular flexibility index (Phi) is 7.81. The van der Waals surface area contributed by atoms with Gasteiger partial charge in [-0.3, -0.25) is 9.69 Å². The van der Waals surface area contributed by atoms with Gasteiger partial charge >= 0.3 is 0 Å². The normalized spacial score (nSPS) is 11.4. The van der Waals surface area contributed by atoms with E-state index >= 15 is 0 Å². The number of rotatable bonds is 7. The third kappa shape index (κ3) is 5.48. The van der Waals surface area contributed by atoms with Crippen molar-refractivity contribution < 1.29 is 17.9 Å². The molecule has 0 aliphatic carbocycles. The summed E-state index contributed by atoms with van der Waals surface area (Å²) in [4.78, 5) is 21.6. The fourth-order valence-corrected chi connectivity index (χ4v) is 4.42. The summed E-state index contributed by atoms with van der Waals surface area (Å²) in [6, 6.07) is 11.7. The van der Waals surface area contributed by atoms with Crippen molar-refractivity contribution in [2.45, 2.75) is 4.90 Å². The standard InChI is InChI=1S/C20H23N3O4S2.ClH/c1-22(2)10-11-23(19(24)14-6-5-7-16(12-14)29(4,25)26)20-21-17-9-8-15(27-3)13-18(17)28-20;/h5-9,12-13H,10-11H2,1-4H3;1H. The average molecular weight is 470 g/mol. The van der Waals surface area contributed by atoms with Crippen LogP contribution in [0.15, 0.2) is 47.4 Å². The minimum absolute atomic E-state index is 0. The first-order valence-corrected chi connectivity index (χ1v) is 11.6. The molecular weight excluding hydrogens is 446 g/mol. The summed E-state index contributed by atoms with van der Waals surface area (Å²) in [5.41, 5.74) is 1.09. The van der Waals surface area contributed by atoms with Gasteiger partial charge in [-0.05, 0) is 50.5 Å². The van der Waals surface area contributed by atoms with Crippen molar-refractivity contribution in [2.75, 3.05) is 45.5 Å². The van der Waals surface area contributed by atoms with Crippen molar-refractivity contribution in [3.63, 3.8) is 0 Å². The Morgan fingerprint density at radius 3 is 2.50 bits per heavy atom. The summed E-state index contributed by atoms with van der Waals surface area (Å²) in [6.07, 6.45) is 1.13. The maximum atomic E-state index is 13.3. The van der Waals surface area contributed by atoms with Crippen molar-refractivity contribution in [1.82, 2.24) is 9.88 Å². The summed E-state index contributed by atoms with van der Waals surface area (Å²) in [6.45, 7) is 1.06. The molecule has 7 nitrogen and oxygen atoms in total. The lowest BCUT2D eigenvalue weighted by molar-refractivity contribution is 0.0985. The van der Waals surface area contributed by atoms with Crippen molar-refractivity contribution in [1.29, 1.82) is 0 Å². The largest absolute Gasteiger partial charge is 0.497 e. The van der Waals surface area contributed by atoms with Crippen LogP contribution in [0.2, 0.25) is 0 Å². The van der Waals surface area contributed by atoms with Crippen LogP contribution in [0.3, 0.4) is 0 Å². The van der Waals surface area contributed by atoms with Crippen LogP contribution in [-0.4, -0.2) is 64.8 Å². The zero-order valence-corrected chi connectivity index (χ0v) is 19.6. The number of likely N-dealkylation sites (N-methyl/N-ethyl adjacent to an activating group) is 1. The molecule has 0 atom stereocenters. The SMILES string of the molecule is COc1ccc2nc(N(CCN(C)C)C(=O)c3cccc(S(C)(=O)=O)c3)sc2c1.Cl. The van der Waals surface area contributed by atoms with E-state index in [0.717, 1.165) is 22.2 Å². The van der Waals surface area contributed by atoms with Gasteiger partial charge in [0.05, 0.1) is 22.2 Å². The molecule has 0 fully saturated rings. The smallest absolute Gasteiger partial charge is 0.260 e. The molecule has 3 aromatic rings. The van der Waals surface area contributed by atoms with E-state index in [4.69, 9.17) is 4.74 Å². The Balaban J connectivity index is 0.00000320. The quantitative estimate of drug-likeness (QED) is 0.528. The van der Waals surface area contributed by atoms with Crippen LogP contribution in [0.25, 0.3) is 10.2 Å². The highest BCUT2D eigenvalue weighted by atomic mass is 35.5. The number of anilines is 1. The zero-order chi connectivity index (χ0) is 21.2. The second kappa shape index (κ2) is 9.74. The van der Waals surface area contributed by atoms with E-state index in [1.165, 1.54) is 23.5 Å². The van der Waals surface area contributed by atoms with Crippen LogP contribution >= 0.6 is 23.7 Å². The molecule has 0 unspecified atom stereocenters. The molecule has 1 heterocycles. The number of halogens is 1. The Morgan fingerprint density at radius 2 is 1.87 bits per heavy atom. The number of hydrogen-bond acceptors (Lipinski definition) is 7. The minimum Gasteiger partial charge on any atom is -0.497 e. The Hall–Kier alpha value is -2.20. The molecular formula is C20H24ClN3O4S2. The number of carbonyl (C=O) groups is 1. The highest BCUT2D eigenvalue weighted by Gasteiger charge is 2.22.